The SMILES string of the molecule is O=C1C(=Cc2ccc([N+](=O)[O-])cc2)C(c2ccc([N+](=O)[O-])cc2)Oc2ccc(O)cc21. The molecule has 0 saturated heterocycles. The van der Waals surface area contributed by atoms with Crippen molar-refractivity contribution >= 4 is 23.2 Å². The number of ketones is 1. The molecule has 0 aromatic heterocycles. The molecule has 1 heterocycles. The van der Waals surface area contributed by atoms with Crippen LogP contribution < -0.4 is 4.74 Å². The van der Waals surface area contributed by atoms with Gasteiger partial charge in [0, 0.05) is 29.8 Å². The Hall–Kier alpha value is -4.53. The average molecular weight is 418 g/mol. The number of Topliss-reactive ketones (excluding diaryl/α,β-unsaturated/α-hetero) is 1. The monoisotopic (exact) mass is 418 g/mol. The summed E-state index contributed by atoms with van der Waals surface area (Å²) in [6.07, 6.45) is 0.686. The van der Waals surface area contributed by atoms with E-state index in [2.05, 4.69) is 0 Å². The lowest BCUT2D eigenvalue weighted by Crippen LogP contribution is -2.23. The van der Waals surface area contributed by atoms with Crippen LogP contribution in [0.4, 0.5) is 11.4 Å². The number of rotatable bonds is 4. The third-order valence-electron chi connectivity index (χ3n) is 4.83. The lowest BCUT2D eigenvalue weighted by Gasteiger charge is -2.28. The number of nitro benzene ring substituents is 2. The van der Waals surface area contributed by atoms with Crippen LogP contribution in [0.2, 0.25) is 0 Å². The topological polar surface area (TPSA) is 133 Å². The molecule has 154 valence electrons. The normalized spacial score (nSPS) is 16.5. The summed E-state index contributed by atoms with van der Waals surface area (Å²) in [4.78, 5) is 34.0. The number of benzene rings is 3. The predicted molar refractivity (Wildman–Crippen MR) is 110 cm³/mol. The molecule has 1 aliphatic heterocycles. The minimum atomic E-state index is -0.861. The van der Waals surface area contributed by atoms with Crippen LogP contribution in [-0.2, 0) is 0 Å². The fraction of sp³-hybridized carbons (Fsp3) is 0.0455. The summed E-state index contributed by atoms with van der Waals surface area (Å²) in [5.74, 6) is -0.218. The number of nitro groups is 2. The van der Waals surface area contributed by atoms with E-state index in [4.69, 9.17) is 4.74 Å². The molecule has 1 atom stereocenters. The van der Waals surface area contributed by atoms with Crippen molar-refractivity contribution in [2.24, 2.45) is 0 Å². The summed E-state index contributed by atoms with van der Waals surface area (Å²) in [6.45, 7) is 0. The van der Waals surface area contributed by atoms with Crippen molar-refractivity contribution in [2.45, 2.75) is 6.10 Å². The van der Waals surface area contributed by atoms with Gasteiger partial charge in [-0.15, -0.1) is 0 Å². The van der Waals surface area contributed by atoms with Crippen LogP contribution in [0.3, 0.4) is 0 Å². The first-order valence-electron chi connectivity index (χ1n) is 9.08. The quantitative estimate of drug-likeness (QED) is 0.372. The second kappa shape index (κ2) is 7.71. The number of hydrogen-bond acceptors (Lipinski definition) is 7. The Labute approximate surface area is 175 Å². The molecule has 9 heteroatoms. The van der Waals surface area contributed by atoms with E-state index in [9.17, 15) is 30.1 Å². The van der Waals surface area contributed by atoms with Crippen molar-refractivity contribution in [3.05, 3.63) is 109 Å². The molecule has 0 aliphatic carbocycles. The summed E-state index contributed by atoms with van der Waals surface area (Å²) in [6, 6.07) is 15.5. The maximum absolute atomic E-state index is 13.2. The summed E-state index contributed by atoms with van der Waals surface area (Å²) in [7, 11) is 0. The van der Waals surface area contributed by atoms with Gasteiger partial charge in [-0.05, 0) is 59.7 Å². The summed E-state index contributed by atoms with van der Waals surface area (Å²) >= 11 is 0. The molecular formula is C22H14N2O7. The Morgan fingerprint density at radius 3 is 2.03 bits per heavy atom. The van der Waals surface area contributed by atoms with Gasteiger partial charge in [0.05, 0.1) is 15.4 Å². The molecule has 0 fully saturated rings. The number of phenols is 1. The van der Waals surface area contributed by atoms with Gasteiger partial charge in [-0.25, -0.2) is 0 Å². The molecule has 0 amide bonds. The number of ether oxygens (including phenoxy) is 1. The second-order valence-electron chi connectivity index (χ2n) is 6.80. The van der Waals surface area contributed by atoms with E-state index in [1.54, 1.807) is 6.08 Å². The minimum absolute atomic E-state index is 0.0874. The number of carbonyl (C=O) groups excluding carboxylic acids is 1. The van der Waals surface area contributed by atoms with E-state index in [1.807, 2.05) is 0 Å². The lowest BCUT2D eigenvalue weighted by atomic mass is 9.89. The lowest BCUT2D eigenvalue weighted by molar-refractivity contribution is -0.385. The Morgan fingerprint density at radius 1 is 0.871 bits per heavy atom. The molecule has 9 nitrogen and oxygen atoms in total. The van der Waals surface area contributed by atoms with Gasteiger partial charge in [0.25, 0.3) is 11.4 Å². The average Bonchev–Trinajstić information content (AvgIpc) is 2.76. The standard InChI is InChI=1S/C22H14N2O7/c25-17-9-10-20-18(12-17)21(26)19(11-13-1-5-15(6-2-13)23(27)28)22(31-20)14-3-7-16(8-4-14)24(29)30/h1-12,22,25H. The fourth-order valence-corrected chi connectivity index (χ4v) is 3.29. The van der Waals surface area contributed by atoms with Crippen LogP contribution in [0.15, 0.2) is 72.3 Å². The van der Waals surface area contributed by atoms with Gasteiger partial charge in [0.2, 0.25) is 0 Å². The van der Waals surface area contributed by atoms with E-state index >= 15 is 0 Å². The zero-order valence-corrected chi connectivity index (χ0v) is 15.8. The molecular weight excluding hydrogens is 404 g/mol. The van der Waals surface area contributed by atoms with Gasteiger partial charge in [-0.2, -0.15) is 0 Å². The van der Waals surface area contributed by atoms with Crippen LogP contribution in [-0.4, -0.2) is 20.7 Å². The van der Waals surface area contributed by atoms with Crippen molar-refractivity contribution in [1.29, 1.82) is 0 Å². The van der Waals surface area contributed by atoms with Crippen LogP contribution in [0.25, 0.3) is 6.08 Å². The maximum atomic E-state index is 13.2. The largest absolute Gasteiger partial charge is 0.508 e. The van der Waals surface area contributed by atoms with Crippen molar-refractivity contribution in [1.82, 2.24) is 0 Å². The van der Waals surface area contributed by atoms with Gasteiger partial charge in [0.15, 0.2) is 11.9 Å². The molecule has 3 aromatic carbocycles. The molecule has 0 spiro atoms. The Balaban J connectivity index is 1.81. The third kappa shape index (κ3) is 3.84. The van der Waals surface area contributed by atoms with Crippen LogP contribution >= 0.6 is 0 Å². The summed E-state index contributed by atoms with van der Waals surface area (Å²) in [5.41, 5.74) is 1.26. The second-order valence-corrected chi connectivity index (χ2v) is 6.80. The van der Waals surface area contributed by atoms with Gasteiger partial charge < -0.3 is 9.84 Å². The van der Waals surface area contributed by atoms with Crippen molar-refractivity contribution in [2.75, 3.05) is 0 Å². The molecule has 1 unspecified atom stereocenters. The first-order valence-corrected chi connectivity index (χ1v) is 9.08. The molecule has 0 saturated carbocycles. The van der Waals surface area contributed by atoms with Crippen molar-refractivity contribution in [3.63, 3.8) is 0 Å². The number of carbonyl (C=O) groups is 1. The number of non-ortho nitro benzene ring substituents is 2. The van der Waals surface area contributed by atoms with Crippen LogP contribution in [0, 0.1) is 20.2 Å². The van der Waals surface area contributed by atoms with E-state index in [-0.39, 0.29) is 39.8 Å². The molecule has 1 aliphatic rings. The Kier molecular flexibility index (Phi) is 4.92. The highest BCUT2D eigenvalue weighted by molar-refractivity contribution is 6.14. The Morgan fingerprint density at radius 2 is 1.45 bits per heavy atom. The summed E-state index contributed by atoms with van der Waals surface area (Å²) < 4.78 is 6.01. The predicted octanol–water partition coefficient (Wildman–Crippen LogP) is 4.61. The highest BCUT2D eigenvalue weighted by atomic mass is 16.6. The van der Waals surface area contributed by atoms with E-state index in [0.717, 1.165) is 0 Å². The molecule has 31 heavy (non-hydrogen) atoms. The minimum Gasteiger partial charge on any atom is -0.508 e. The number of aromatic hydroxyl groups is 1. The first-order chi connectivity index (χ1) is 14.8. The van der Waals surface area contributed by atoms with Crippen LogP contribution in [0.5, 0.6) is 11.5 Å². The smallest absolute Gasteiger partial charge is 0.269 e. The van der Waals surface area contributed by atoms with E-state index in [0.29, 0.717) is 11.1 Å². The zero-order chi connectivity index (χ0) is 22.1. The summed E-state index contributed by atoms with van der Waals surface area (Å²) in [5, 5.41) is 31.6. The highest BCUT2D eigenvalue weighted by Crippen LogP contribution is 2.40. The molecule has 3 aromatic rings. The van der Waals surface area contributed by atoms with Crippen molar-refractivity contribution < 1.29 is 24.5 Å². The Bertz CT molecular complexity index is 1230. The third-order valence-corrected chi connectivity index (χ3v) is 4.83. The maximum Gasteiger partial charge on any atom is 0.269 e. The van der Waals surface area contributed by atoms with E-state index < -0.39 is 16.0 Å². The molecule has 0 radical (unpaired) electrons. The van der Waals surface area contributed by atoms with Crippen molar-refractivity contribution in [3.8, 4) is 11.5 Å². The van der Waals surface area contributed by atoms with Gasteiger partial charge >= 0.3 is 0 Å². The number of nitrogens with zero attached hydrogens (tertiary/aromatic N) is 2. The van der Waals surface area contributed by atoms with E-state index in [1.165, 1.54) is 66.7 Å². The zero-order valence-electron chi connectivity index (χ0n) is 15.8. The highest BCUT2D eigenvalue weighted by Gasteiger charge is 2.33. The molecule has 4 rings (SSSR count). The number of fused-ring (bicyclic) bond motifs is 1. The van der Waals surface area contributed by atoms with Gasteiger partial charge in [0.1, 0.15) is 11.5 Å². The van der Waals surface area contributed by atoms with Gasteiger partial charge in [-0.1, -0.05) is 0 Å². The number of hydrogen-bond donors (Lipinski definition) is 1. The molecule has 1 N–H and O–H groups in total. The van der Waals surface area contributed by atoms with Crippen LogP contribution in [0.1, 0.15) is 27.6 Å². The molecule has 0 bridgehead atoms. The fourth-order valence-electron chi connectivity index (χ4n) is 3.29. The first kappa shape index (κ1) is 19.8. The number of phenolic OH excluding ortho intramolecular Hbond substituents is 1. The van der Waals surface area contributed by atoms with Gasteiger partial charge in [-0.3, -0.25) is 25.0 Å².